The maximum Gasteiger partial charge on any atom is 0.269 e. The molecule has 26 heavy (non-hydrogen) atoms. The number of halogens is 1. The molecular weight excluding hydrogens is 360 g/mol. The standard InChI is InChI=1S/C18H18N2O5.ClH/c1-24-15-10-12-6-7-19-14(16(12)17(21)18(15)25-2)9-11-4-3-5-13(8-11)20(22)23;/h3-5,8,10,21H,6-7,9H2,1-2H3;1H. The second-order valence-electron chi connectivity index (χ2n) is 5.68. The Balaban J connectivity index is 0.00000243. The number of fused-ring (bicyclic) bond motifs is 1. The maximum atomic E-state index is 11.0. The van der Waals surface area contributed by atoms with Crippen LogP contribution in [0.5, 0.6) is 17.2 Å². The van der Waals surface area contributed by atoms with Gasteiger partial charge in [-0.05, 0) is 23.6 Å². The minimum absolute atomic E-state index is 0. The van der Waals surface area contributed by atoms with Crippen LogP contribution < -0.4 is 9.47 Å². The van der Waals surface area contributed by atoms with Crippen LogP contribution >= 0.6 is 12.4 Å². The molecule has 0 unspecified atom stereocenters. The van der Waals surface area contributed by atoms with Gasteiger partial charge in [0.05, 0.1) is 24.9 Å². The Hall–Kier alpha value is -2.80. The highest BCUT2D eigenvalue weighted by atomic mass is 35.5. The van der Waals surface area contributed by atoms with Gasteiger partial charge < -0.3 is 14.6 Å². The first kappa shape index (κ1) is 19.5. The Bertz CT molecular complexity index is 867. The predicted molar refractivity (Wildman–Crippen MR) is 100 cm³/mol. The molecule has 1 aliphatic heterocycles. The van der Waals surface area contributed by atoms with Crippen molar-refractivity contribution in [1.82, 2.24) is 0 Å². The third-order valence-corrected chi connectivity index (χ3v) is 4.19. The van der Waals surface area contributed by atoms with E-state index in [9.17, 15) is 15.2 Å². The third-order valence-electron chi connectivity index (χ3n) is 4.19. The molecule has 1 heterocycles. The molecule has 2 aromatic carbocycles. The zero-order valence-electron chi connectivity index (χ0n) is 14.4. The second-order valence-corrected chi connectivity index (χ2v) is 5.68. The molecule has 0 fully saturated rings. The molecule has 1 N–H and O–H groups in total. The molecule has 2 aromatic rings. The number of nitro groups is 1. The van der Waals surface area contributed by atoms with Crippen molar-refractivity contribution >= 4 is 23.8 Å². The van der Waals surface area contributed by atoms with Crippen LogP contribution in [0.25, 0.3) is 0 Å². The van der Waals surface area contributed by atoms with E-state index in [0.717, 1.165) is 11.1 Å². The number of nitro benzene ring substituents is 1. The monoisotopic (exact) mass is 378 g/mol. The van der Waals surface area contributed by atoms with Crippen LogP contribution in [0.3, 0.4) is 0 Å². The number of non-ortho nitro benzene ring substituents is 1. The molecule has 0 atom stereocenters. The lowest BCUT2D eigenvalue weighted by molar-refractivity contribution is -0.384. The van der Waals surface area contributed by atoms with Crippen LogP contribution in [0.1, 0.15) is 16.7 Å². The lowest BCUT2D eigenvalue weighted by Crippen LogP contribution is -2.16. The van der Waals surface area contributed by atoms with Gasteiger partial charge in [-0.1, -0.05) is 12.1 Å². The molecule has 0 radical (unpaired) electrons. The van der Waals surface area contributed by atoms with Crippen molar-refractivity contribution in [2.45, 2.75) is 12.8 Å². The summed E-state index contributed by atoms with van der Waals surface area (Å²) in [5, 5.41) is 21.6. The Morgan fingerprint density at radius 2 is 2.04 bits per heavy atom. The van der Waals surface area contributed by atoms with Crippen molar-refractivity contribution in [3.8, 4) is 17.2 Å². The number of hydrogen-bond acceptors (Lipinski definition) is 6. The summed E-state index contributed by atoms with van der Waals surface area (Å²) in [5.74, 6) is 0.714. The molecule has 7 nitrogen and oxygen atoms in total. The molecule has 138 valence electrons. The highest BCUT2D eigenvalue weighted by Crippen LogP contribution is 2.43. The van der Waals surface area contributed by atoms with Crippen LogP contribution in [-0.2, 0) is 12.8 Å². The summed E-state index contributed by atoms with van der Waals surface area (Å²) in [5.41, 5.74) is 3.02. The van der Waals surface area contributed by atoms with E-state index in [0.29, 0.717) is 36.4 Å². The summed E-state index contributed by atoms with van der Waals surface area (Å²) >= 11 is 0. The van der Waals surface area contributed by atoms with E-state index in [1.165, 1.54) is 26.4 Å². The molecule has 0 aliphatic carbocycles. The number of ether oxygens (including phenoxy) is 2. The highest BCUT2D eigenvalue weighted by Gasteiger charge is 2.25. The van der Waals surface area contributed by atoms with Crippen molar-refractivity contribution in [2.24, 2.45) is 4.99 Å². The van der Waals surface area contributed by atoms with Crippen molar-refractivity contribution in [2.75, 3.05) is 20.8 Å². The predicted octanol–water partition coefficient (Wildman–Crippen LogP) is 3.33. The third kappa shape index (κ3) is 3.57. The Kier molecular flexibility index (Phi) is 6.05. The minimum Gasteiger partial charge on any atom is -0.504 e. The average molecular weight is 379 g/mol. The van der Waals surface area contributed by atoms with Crippen LogP contribution in [0.15, 0.2) is 35.3 Å². The zero-order valence-corrected chi connectivity index (χ0v) is 15.2. The number of methoxy groups -OCH3 is 2. The Labute approximate surface area is 156 Å². The van der Waals surface area contributed by atoms with Gasteiger partial charge in [0.25, 0.3) is 5.69 Å². The Morgan fingerprint density at radius 1 is 1.27 bits per heavy atom. The number of benzene rings is 2. The second kappa shape index (κ2) is 8.05. The van der Waals surface area contributed by atoms with E-state index in [1.807, 2.05) is 12.1 Å². The largest absolute Gasteiger partial charge is 0.504 e. The van der Waals surface area contributed by atoms with E-state index in [-0.39, 0.29) is 29.6 Å². The number of hydrogen-bond donors (Lipinski definition) is 1. The van der Waals surface area contributed by atoms with Gasteiger partial charge in [0.1, 0.15) is 0 Å². The van der Waals surface area contributed by atoms with E-state index in [1.54, 1.807) is 6.07 Å². The molecule has 0 saturated carbocycles. The van der Waals surface area contributed by atoms with Gasteiger partial charge in [0, 0.05) is 30.7 Å². The molecule has 0 bridgehead atoms. The van der Waals surface area contributed by atoms with Gasteiger partial charge in [-0.3, -0.25) is 15.1 Å². The Morgan fingerprint density at radius 3 is 2.69 bits per heavy atom. The number of phenols is 1. The fraction of sp³-hybridized carbons (Fsp3) is 0.278. The lowest BCUT2D eigenvalue weighted by Gasteiger charge is -2.21. The number of phenolic OH excluding ortho intramolecular Hbond substituents is 1. The van der Waals surface area contributed by atoms with Crippen molar-refractivity contribution in [3.05, 3.63) is 57.1 Å². The number of aliphatic imine (C=N–C) groups is 1. The van der Waals surface area contributed by atoms with Crippen molar-refractivity contribution in [3.63, 3.8) is 0 Å². The van der Waals surface area contributed by atoms with E-state index in [4.69, 9.17) is 9.47 Å². The van der Waals surface area contributed by atoms with Gasteiger partial charge in [0.2, 0.25) is 5.75 Å². The molecule has 0 aromatic heterocycles. The number of nitrogens with zero attached hydrogens (tertiary/aromatic N) is 2. The summed E-state index contributed by atoms with van der Waals surface area (Å²) < 4.78 is 10.5. The van der Waals surface area contributed by atoms with Crippen LogP contribution in [0, 0.1) is 10.1 Å². The van der Waals surface area contributed by atoms with Gasteiger partial charge in [-0.2, -0.15) is 0 Å². The SMILES string of the molecule is COc1cc2c(c(O)c1OC)C(Cc1cccc([N+](=O)[O-])c1)=NCC2.Cl. The molecule has 3 rings (SSSR count). The van der Waals surface area contributed by atoms with E-state index in [2.05, 4.69) is 4.99 Å². The molecule has 8 heteroatoms. The quantitative estimate of drug-likeness (QED) is 0.636. The molecular formula is C18H19ClN2O5. The summed E-state index contributed by atoms with van der Waals surface area (Å²) in [7, 11) is 2.98. The van der Waals surface area contributed by atoms with Crippen molar-refractivity contribution < 1.29 is 19.5 Å². The van der Waals surface area contributed by atoms with E-state index < -0.39 is 4.92 Å². The van der Waals surface area contributed by atoms with Crippen LogP contribution in [-0.4, -0.2) is 36.5 Å². The van der Waals surface area contributed by atoms with Gasteiger partial charge in [-0.25, -0.2) is 0 Å². The number of rotatable bonds is 5. The minimum atomic E-state index is -0.425. The lowest BCUT2D eigenvalue weighted by atomic mass is 9.92. The first-order valence-electron chi connectivity index (χ1n) is 7.79. The molecule has 0 spiro atoms. The topological polar surface area (TPSA) is 94.2 Å². The zero-order chi connectivity index (χ0) is 18.0. The van der Waals surface area contributed by atoms with E-state index >= 15 is 0 Å². The summed E-state index contributed by atoms with van der Waals surface area (Å²) in [6.07, 6.45) is 1.07. The summed E-state index contributed by atoms with van der Waals surface area (Å²) in [4.78, 5) is 15.1. The highest BCUT2D eigenvalue weighted by molar-refractivity contribution is 6.07. The molecule has 1 aliphatic rings. The fourth-order valence-corrected chi connectivity index (χ4v) is 3.05. The van der Waals surface area contributed by atoms with Crippen LogP contribution in [0.4, 0.5) is 5.69 Å². The van der Waals surface area contributed by atoms with Gasteiger partial charge in [-0.15, -0.1) is 12.4 Å². The summed E-state index contributed by atoms with van der Waals surface area (Å²) in [6.45, 7) is 0.589. The first-order chi connectivity index (χ1) is 12.0. The van der Waals surface area contributed by atoms with Gasteiger partial charge >= 0.3 is 0 Å². The molecule has 0 amide bonds. The summed E-state index contributed by atoms with van der Waals surface area (Å²) in [6, 6.07) is 8.27. The fourth-order valence-electron chi connectivity index (χ4n) is 3.05. The molecule has 0 saturated heterocycles. The van der Waals surface area contributed by atoms with Gasteiger partial charge in [0.15, 0.2) is 11.5 Å². The normalized spacial score (nSPS) is 12.5. The maximum absolute atomic E-state index is 11.0. The average Bonchev–Trinajstić information content (AvgIpc) is 2.61. The van der Waals surface area contributed by atoms with Crippen molar-refractivity contribution in [1.29, 1.82) is 0 Å². The van der Waals surface area contributed by atoms with Crippen LogP contribution in [0.2, 0.25) is 0 Å². The first-order valence-corrected chi connectivity index (χ1v) is 7.79. The number of aromatic hydroxyl groups is 1. The smallest absolute Gasteiger partial charge is 0.269 e.